The SMILES string of the molecule is c1ccc2sc(NCC3CCNN3)nc2c1. The van der Waals surface area contributed by atoms with Gasteiger partial charge >= 0.3 is 0 Å². The van der Waals surface area contributed by atoms with E-state index in [1.807, 2.05) is 18.2 Å². The van der Waals surface area contributed by atoms with E-state index in [1.165, 1.54) is 4.70 Å². The number of hydrazine groups is 1. The van der Waals surface area contributed by atoms with E-state index in [4.69, 9.17) is 0 Å². The van der Waals surface area contributed by atoms with Crippen molar-refractivity contribution < 1.29 is 0 Å². The Balaban J connectivity index is 1.69. The maximum Gasteiger partial charge on any atom is 0.183 e. The molecule has 0 aliphatic carbocycles. The summed E-state index contributed by atoms with van der Waals surface area (Å²) in [4.78, 5) is 4.53. The molecule has 0 radical (unpaired) electrons. The van der Waals surface area contributed by atoms with Crippen LogP contribution in [0.1, 0.15) is 6.42 Å². The average Bonchev–Trinajstić information content (AvgIpc) is 2.95. The van der Waals surface area contributed by atoms with Crippen LogP contribution in [0.4, 0.5) is 5.13 Å². The van der Waals surface area contributed by atoms with Gasteiger partial charge in [0.1, 0.15) is 0 Å². The quantitative estimate of drug-likeness (QED) is 0.754. The Bertz CT molecular complexity index is 443. The molecular weight excluding hydrogens is 220 g/mol. The Labute approximate surface area is 98.0 Å². The molecular formula is C11H14N4S. The summed E-state index contributed by atoms with van der Waals surface area (Å²) in [5, 5.41) is 4.39. The van der Waals surface area contributed by atoms with Crippen molar-refractivity contribution in [1.82, 2.24) is 15.8 Å². The Morgan fingerprint density at radius 1 is 1.44 bits per heavy atom. The smallest absolute Gasteiger partial charge is 0.183 e. The first kappa shape index (κ1) is 10.0. The molecule has 1 aliphatic rings. The molecule has 0 saturated carbocycles. The Morgan fingerprint density at radius 3 is 3.19 bits per heavy atom. The van der Waals surface area contributed by atoms with Gasteiger partial charge in [0.15, 0.2) is 5.13 Å². The van der Waals surface area contributed by atoms with Crippen LogP contribution in [0.25, 0.3) is 10.2 Å². The van der Waals surface area contributed by atoms with Gasteiger partial charge in [-0.3, -0.25) is 10.9 Å². The first-order valence-electron chi connectivity index (χ1n) is 5.50. The van der Waals surface area contributed by atoms with Crippen LogP contribution in [0.5, 0.6) is 0 Å². The number of para-hydroxylation sites is 1. The molecule has 16 heavy (non-hydrogen) atoms. The van der Waals surface area contributed by atoms with Crippen LogP contribution in [0.3, 0.4) is 0 Å². The van der Waals surface area contributed by atoms with Crippen LogP contribution in [0.2, 0.25) is 0 Å². The van der Waals surface area contributed by atoms with Gasteiger partial charge in [-0.15, -0.1) is 0 Å². The van der Waals surface area contributed by atoms with Crippen LogP contribution in [0, 0.1) is 0 Å². The maximum absolute atomic E-state index is 4.53. The van der Waals surface area contributed by atoms with E-state index in [2.05, 4.69) is 27.2 Å². The molecule has 3 rings (SSSR count). The number of aromatic nitrogens is 1. The summed E-state index contributed by atoms with van der Waals surface area (Å²) in [6, 6.07) is 8.73. The van der Waals surface area contributed by atoms with Crippen LogP contribution >= 0.6 is 11.3 Å². The van der Waals surface area contributed by atoms with Crippen molar-refractivity contribution in [3.8, 4) is 0 Å². The highest BCUT2D eigenvalue weighted by Gasteiger charge is 2.13. The molecule has 1 aromatic heterocycles. The molecule has 5 heteroatoms. The zero-order chi connectivity index (χ0) is 10.8. The molecule has 1 atom stereocenters. The molecule has 0 bridgehead atoms. The normalized spacial score (nSPS) is 20.4. The Morgan fingerprint density at radius 2 is 2.38 bits per heavy atom. The highest BCUT2D eigenvalue weighted by molar-refractivity contribution is 7.22. The Hall–Kier alpha value is -1.17. The summed E-state index contributed by atoms with van der Waals surface area (Å²) in [7, 11) is 0. The van der Waals surface area contributed by atoms with Gasteiger partial charge in [0.25, 0.3) is 0 Å². The van der Waals surface area contributed by atoms with Crippen LogP contribution in [-0.4, -0.2) is 24.1 Å². The van der Waals surface area contributed by atoms with Gasteiger partial charge in [-0.1, -0.05) is 23.5 Å². The van der Waals surface area contributed by atoms with E-state index >= 15 is 0 Å². The van der Waals surface area contributed by atoms with Crippen molar-refractivity contribution in [2.45, 2.75) is 12.5 Å². The highest BCUT2D eigenvalue weighted by atomic mass is 32.1. The van der Waals surface area contributed by atoms with Crippen molar-refractivity contribution in [2.75, 3.05) is 18.4 Å². The van der Waals surface area contributed by atoms with E-state index < -0.39 is 0 Å². The molecule has 1 aliphatic heterocycles. The number of nitrogens with zero attached hydrogens (tertiary/aromatic N) is 1. The molecule has 0 amide bonds. The van der Waals surface area contributed by atoms with E-state index in [-0.39, 0.29) is 0 Å². The van der Waals surface area contributed by atoms with E-state index in [1.54, 1.807) is 11.3 Å². The average molecular weight is 234 g/mol. The lowest BCUT2D eigenvalue weighted by molar-refractivity contribution is 0.575. The molecule has 2 aromatic rings. The lowest BCUT2D eigenvalue weighted by Gasteiger charge is -2.08. The maximum atomic E-state index is 4.53. The summed E-state index contributed by atoms with van der Waals surface area (Å²) >= 11 is 1.71. The molecule has 84 valence electrons. The van der Waals surface area contributed by atoms with Gasteiger partial charge in [0, 0.05) is 19.1 Å². The van der Waals surface area contributed by atoms with Gasteiger partial charge in [-0.05, 0) is 18.6 Å². The van der Waals surface area contributed by atoms with E-state index in [0.29, 0.717) is 6.04 Å². The standard InChI is InChI=1S/C11H14N4S/c1-2-4-10-9(3-1)14-11(16-10)12-7-8-5-6-13-15-8/h1-4,8,13,15H,5-7H2,(H,12,14). The molecule has 1 aromatic carbocycles. The number of hydrogen-bond donors (Lipinski definition) is 3. The van der Waals surface area contributed by atoms with Crippen molar-refractivity contribution >= 4 is 26.7 Å². The summed E-state index contributed by atoms with van der Waals surface area (Å²) in [6.07, 6.45) is 1.16. The fourth-order valence-corrected chi connectivity index (χ4v) is 2.72. The zero-order valence-electron chi connectivity index (χ0n) is 8.86. The van der Waals surface area contributed by atoms with Crippen molar-refractivity contribution in [3.63, 3.8) is 0 Å². The second kappa shape index (κ2) is 4.37. The lowest BCUT2D eigenvalue weighted by Crippen LogP contribution is -2.34. The number of hydrogen-bond acceptors (Lipinski definition) is 5. The summed E-state index contributed by atoms with van der Waals surface area (Å²) in [5.41, 5.74) is 7.43. The molecule has 1 fully saturated rings. The molecule has 4 nitrogen and oxygen atoms in total. The van der Waals surface area contributed by atoms with Crippen LogP contribution in [0.15, 0.2) is 24.3 Å². The summed E-state index contributed by atoms with van der Waals surface area (Å²) < 4.78 is 1.24. The second-order valence-electron chi connectivity index (χ2n) is 3.92. The first-order valence-corrected chi connectivity index (χ1v) is 6.31. The third-order valence-corrected chi connectivity index (χ3v) is 3.71. The van der Waals surface area contributed by atoms with Crippen molar-refractivity contribution in [1.29, 1.82) is 0 Å². The van der Waals surface area contributed by atoms with Gasteiger partial charge in [-0.25, -0.2) is 4.98 Å². The minimum Gasteiger partial charge on any atom is -0.360 e. The highest BCUT2D eigenvalue weighted by Crippen LogP contribution is 2.25. The van der Waals surface area contributed by atoms with E-state index in [0.717, 1.165) is 30.2 Å². The molecule has 1 unspecified atom stereocenters. The zero-order valence-corrected chi connectivity index (χ0v) is 9.68. The topological polar surface area (TPSA) is 49.0 Å². The number of thiazole rings is 1. The fraction of sp³-hybridized carbons (Fsp3) is 0.364. The van der Waals surface area contributed by atoms with Crippen molar-refractivity contribution in [3.05, 3.63) is 24.3 Å². The molecule has 3 N–H and O–H groups in total. The van der Waals surface area contributed by atoms with E-state index in [9.17, 15) is 0 Å². The molecule has 1 saturated heterocycles. The molecule has 0 spiro atoms. The fourth-order valence-electron chi connectivity index (χ4n) is 1.85. The summed E-state index contributed by atoms with van der Waals surface area (Å²) in [6.45, 7) is 1.97. The van der Waals surface area contributed by atoms with Crippen LogP contribution in [-0.2, 0) is 0 Å². The van der Waals surface area contributed by atoms with Gasteiger partial charge in [0.05, 0.1) is 10.2 Å². The monoisotopic (exact) mass is 234 g/mol. The molecule has 2 heterocycles. The number of nitrogens with one attached hydrogen (secondary N) is 3. The Kier molecular flexibility index (Phi) is 2.73. The predicted molar refractivity (Wildman–Crippen MR) is 67.7 cm³/mol. The van der Waals surface area contributed by atoms with Gasteiger partial charge < -0.3 is 5.32 Å². The predicted octanol–water partition coefficient (Wildman–Crippen LogP) is 1.57. The minimum atomic E-state index is 0.506. The third kappa shape index (κ3) is 2.02. The number of rotatable bonds is 3. The van der Waals surface area contributed by atoms with Crippen molar-refractivity contribution in [2.24, 2.45) is 0 Å². The van der Waals surface area contributed by atoms with Gasteiger partial charge in [-0.2, -0.15) is 0 Å². The number of benzene rings is 1. The minimum absolute atomic E-state index is 0.506. The third-order valence-electron chi connectivity index (χ3n) is 2.72. The number of anilines is 1. The summed E-state index contributed by atoms with van der Waals surface area (Å²) in [5.74, 6) is 0. The second-order valence-corrected chi connectivity index (χ2v) is 4.96. The van der Waals surface area contributed by atoms with Crippen LogP contribution < -0.4 is 16.2 Å². The largest absolute Gasteiger partial charge is 0.360 e. The lowest BCUT2D eigenvalue weighted by atomic mass is 10.2. The first-order chi connectivity index (χ1) is 7.92. The van der Waals surface area contributed by atoms with Gasteiger partial charge in [0.2, 0.25) is 0 Å². The number of fused-ring (bicyclic) bond motifs is 1.